The maximum atomic E-state index is 15.0. The second-order valence-corrected chi connectivity index (χ2v) is 11.8. The molecule has 2 atom stereocenters. The van der Waals surface area contributed by atoms with E-state index in [-0.39, 0.29) is 22.6 Å². The fraction of sp³-hybridized carbons (Fsp3) is 0.364. The van der Waals surface area contributed by atoms with Crippen LogP contribution in [0.15, 0.2) is 60.7 Å². The molecule has 4 heteroatoms. The maximum absolute atomic E-state index is 15.0. The van der Waals surface area contributed by atoms with E-state index in [1.807, 2.05) is 31.2 Å². The minimum Gasteiger partial charge on any atom is -0.489 e. The molecule has 190 valence electrons. The van der Waals surface area contributed by atoms with Crippen molar-refractivity contribution in [2.24, 2.45) is 11.3 Å². The molecule has 1 fully saturated rings. The fourth-order valence-electron chi connectivity index (χ4n) is 6.64. The topological polar surface area (TPSA) is 46.5 Å². The summed E-state index contributed by atoms with van der Waals surface area (Å²) in [5.74, 6) is -0.406. The van der Waals surface area contributed by atoms with Gasteiger partial charge in [-0.3, -0.25) is 4.79 Å². The number of fused-ring (bicyclic) bond motifs is 2. The third kappa shape index (κ3) is 4.07. The van der Waals surface area contributed by atoms with Crippen LogP contribution in [0.1, 0.15) is 67.3 Å². The molecule has 3 nitrogen and oxygen atoms in total. The molecule has 0 aromatic heterocycles. The Balaban J connectivity index is 1.31. The van der Waals surface area contributed by atoms with Gasteiger partial charge in [-0.2, -0.15) is 0 Å². The van der Waals surface area contributed by atoms with Gasteiger partial charge in [-0.1, -0.05) is 49.8 Å². The van der Waals surface area contributed by atoms with E-state index in [0.29, 0.717) is 12.2 Å². The average Bonchev–Trinajstić information content (AvgIpc) is 3.36. The van der Waals surface area contributed by atoms with Crippen LogP contribution >= 0.6 is 0 Å². The molecule has 6 rings (SSSR count). The van der Waals surface area contributed by atoms with Crippen LogP contribution in [0.25, 0.3) is 16.7 Å². The van der Waals surface area contributed by atoms with E-state index in [0.717, 1.165) is 65.7 Å². The minimum atomic E-state index is -0.694. The number of carbonyl (C=O) groups is 1. The summed E-state index contributed by atoms with van der Waals surface area (Å²) in [5, 5.41) is 9.56. The van der Waals surface area contributed by atoms with E-state index >= 15 is 0 Å². The summed E-state index contributed by atoms with van der Waals surface area (Å²) in [6.45, 7) is 6.90. The summed E-state index contributed by atoms with van der Waals surface area (Å²) >= 11 is 0. The molecule has 3 aliphatic rings. The molecule has 0 aliphatic heterocycles. The van der Waals surface area contributed by atoms with Crippen LogP contribution in [-0.4, -0.2) is 11.1 Å². The Morgan fingerprint density at radius 3 is 2.59 bits per heavy atom. The first-order valence-corrected chi connectivity index (χ1v) is 13.3. The van der Waals surface area contributed by atoms with Gasteiger partial charge in [-0.25, -0.2) is 4.39 Å². The molecule has 0 radical (unpaired) electrons. The highest BCUT2D eigenvalue weighted by atomic mass is 19.1. The molecule has 1 N–H and O–H groups in total. The van der Waals surface area contributed by atoms with E-state index < -0.39 is 5.97 Å². The number of allylic oxidation sites excluding steroid dienone is 2. The predicted octanol–water partition coefficient (Wildman–Crippen LogP) is 7.87. The zero-order valence-corrected chi connectivity index (χ0v) is 21.7. The Morgan fingerprint density at radius 2 is 1.86 bits per heavy atom. The lowest BCUT2D eigenvalue weighted by Crippen LogP contribution is -2.12. The summed E-state index contributed by atoms with van der Waals surface area (Å²) in [5.41, 5.74) is 8.17. The molecule has 37 heavy (non-hydrogen) atoms. The highest BCUT2D eigenvalue weighted by Gasteiger charge is 2.61. The molecule has 3 aromatic rings. The molecule has 0 amide bonds. The minimum absolute atomic E-state index is 0.0216. The van der Waals surface area contributed by atoms with E-state index in [4.69, 9.17) is 4.74 Å². The van der Waals surface area contributed by atoms with Crippen molar-refractivity contribution in [3.63, 3.8) is 0 Å². The Morgan fingerprint density at radius 1 is 1.03 bits per heavy atom. The normalized spacial score (nSPS) is 23.1. The molecule has 0 bridgehead atoms. The highest BCUT2D eigenvalue weighted by Crippen LogP contribution is 2.62. The lowest BCUT2D eigenvalue weighted by Gasteiger charge is -2.25. The Kier molecular flexibility index (Phi) is 5.56. The molecule has 1 spiro atoms. The monoisotopic (exact) mass is 496 g/mol. The van der Waals surface area contributed by atoms with Crippen molar-refractivity contribution in [1.82, 2.24) is 0 Å². The summed E-state index contributed by atoms with van der Waals surface area (Å²) in [4.78, 5) is 11.6. The Labute approximate surface area is 218 Å². The number of aryl methyl sites for hydroxylation is 2. The van der Waals surface area contributed by atoms with Gasteiger partial charge in [0.15, 0.2) is 0 Å². The van der Waals surface area contributed by atoms with Gasteiger partial charge in [0.25, 0.3) is 0 Å². The molecule has 0 heterocycles. The molecular formula is C33H33FO3. The van der Waals surface area contributed by atoms with Crippen LogP contribution in [0.3, 0.4) is 0 Å². The lowest BCUT2D eigenvalue weighted by atomic mass is 9.79. The second kappa shape index (κ2) is 8.58. The Hall–Kier alpha value is -3.40. The van der Waals surface area contributed by atoms with E-state index in [1.54, 1.807) is 12.1 Å². The number of ether oxygens (including phenoxy) is 1. The second-order valence-electron chi connectivity index (χ2n) is 11.8. The number of hydrogen-bond donors (Lipinski definition) is 1. The number of carboxylic acid groups (broad SMARTS) is 1. The predicted molar refractivity (Wildman–Crippen MR) is 144 cm³/mol. The van der Waals surface area contributed by atoms with Gasteiger partial charge in [0.05, 0.1) is 5.92 Å². The van der Waals surface area contributed by atoms with Gasteiger partial charge in [-0.15, -0.1) is 0 Å². The van der Waals surface area contributed by atoms with Crippen LogP contribution in [0, 0.1) is 24.1 Å². The van der Waals surface area contributed by atoms with Crippen molar-refractivity contribution >= 4 is 11.5 Å². The van der Waals surface area contributed by atoms with Gasteiger partial charge in [0.1, 0.15) is 18.2 Å². The first-order valence-electron chi connectivity index (χ1n) is 13.3. The van der Waals surface area contributed by atoms with Crippen molar-refractivity contribution in [2.45, 2.75) is 64.9 Å². The number of benzene rings is 3. The van der Waals surface area contributed by atoms with Gasteiger partial charge in [0, 0.05) is 11.0 Å². The first kappa shape index (κ1) is 24.0. The molecule has 1 saturated carbocycles. The van der Waals surface area contributed by atoms with Gasteiger partial charge in [0.2, 0.25) is 0 Å². The van der Waals surface area contributed by atoms with Crippen LogP contribution in [0.2, 0.25) is 0 Å². The number of carboxylic acids is 1. The summed E-state index contributed by atoms with van der Waals surface area (Å²) in [6, 6.07) is 17.6. The smallest absolute Gasteiger partial charge is 0.307 e. The van der Waals surface area contributed by atoms with Gasteiger partial charge >= 0.3 is 5.97 Å². The van der Waals surface area contributed by atoms with E-state index in [2.05, 4.69) is 38.1 Å². The van der Waals surface area contributed by atoms with Crippen LogP contribution in [0.5, 0.6) is 5.75 Å². The molecule has 3 aliphatic carbocycles. The summed E-state index contributed by atoms with van der Waals surface area (Å²) in [7, 11) is 0. The quantitative estimate of drug-likeness (QED) is 0.378. The van der Waals surface area contributed by atoms with Crippen LogP contribution < -0.4 is 4.74 Å². The summed E-state index contributed by atoms with van der Waals surface area (Å²) < 4.78 is 21.2. The first-order chi connectivity index (χ1) is 17.7. The third-order valence-corrected chi connectivity index (χ3v) is 8.87. The fourth-order valence-corrected chi connectivity index (χ4v) is 6.64. The number of aliphatic carboxylic acids is 1. The molecule has 0 saturated heterocycles. The number of rotatable bonds is 6. The van der Waals surface area contributed by atoms with Crippen LogP contribution in [-0.2, 0) is 23.2 Å². The molecule has 3 aromatic carbocycles. The average molecular weight is 497 g/mol. The standard InChI is InChI=1S/C33H33FO3/c1-20-6-11-30(34)26(15-20)24-10-7-21(16-25(24)27-5-4-13-32(27,2)3)19-37-23-9-8-22-12-14-33(28(22)17-23)18-29(33)31(35)36/h5-11,15-17,29H,4,12-14,18-19H2,1-3H3,(H,35,36). The molecular weight excluding hydrogens is 463 g/mol. The summed E-state index contributed by atoms with van der Waals surface area (Å²) in [6.07, 6.45) is 6.97. The number of halogens is 1. The zero-order valence-electron chi connectivity index (χ0n) is 21.7. The number of hydrogen-bond acceptors (Lipinski definition) is 2. The van der Waals surface area contributed by atoms with Crippen molar-refractivity contribution < 1.29 is 19.0 Å². The van der Waals surface area contributed by atoms with E-state index in [9.17, 15) is 14.3 Å². The highest BCUT2D eigenvalue weighted by molar-refractivity contribution is 5.85. The van der Waals surface area contributed by atoms with Gasteiger partial charge in [-0.05, 0) is 108 Å². The van der Waals surface area contributed by atoms with Crippen LogP contribution in [0.4, 0.5) is 4.39 Å². The Bertz CT molecular complexity index is 1450. The van der Waals surface area contributed by atoms with Crippen molar-refractivity contribution in [3.8, 4) is 16.9 Å². The van der Waals surface area contributed by atoms with Crippen molar-refractivity contribution in [1.29, 1.82) is 0 Å². The zero-order chi connectivity index (χ0) is 25.9. The van der Waals surface area contributed by atoms with Crippen molar-refractivity contribution in [3.05, 3.63) is 94.3 Å². The van der Waals surface area contributed by atoms with Crippen molar-refractivity contribution in [2.75, 3.05) is 0 Å². The SMILES string of the molecule is Cc1ccc(F)c(-c2ccc(COc3ccc4c(c3)C3(CC4)CC3C(=O)O)cc2C2=CCCC2(C)C)c1. The largest absolute Gasteiger partial charge is 0.489 e. The lowest BCUT2D eigenvalue weighted by molar-refractivity contribution is -0.139. The maximum Gasteiger partial charge on any atom is 0.307 e. The van der Waals surface area contributed by atoms with E-state index in [1.165, 1.54) is 11.1 Å². The molecule has 2 unspecified atom stereocenters. The van der Waals surface area contributed by atoms with Gasteiger partial charge < -0.3 is 9.84 Å². The third-order valence-electron chi connectivity index (χ3n) is 8.87.